The summed E-state index contributed by atoms with van der Waals surface area (Å²) in [5, 5.41) is 1.74. The molecule has 1 fully saturated rings. The third kappa shape index (κ3) is 4.08. The summed E-state index contributed by atoms with van der Waals surface area (Å²) >= 11 is 1.39. The van der Waals surface area contributed by atoms with E-state index in [0.717, 1.165) is 0 Å². The van der Waals surface area contributed by atoms with Crippen molar-refractivity contribution in [2.45, 2.75) is 0 Å². The predicted molar refractivity (Wildman–Crippen MR) is 93.1 cm³/mol. The van der Waals surface area contributed by atoms with Crippen LogP contribution in [0.2, 0.25) is 0 Å². The molecule has 25 heavy (non-hydrogen) atoms. The highest BCUT2D eigenvalue weighted by molar-refractivity contribution is 7.07. The fourth-order valence-electron chi connectivity index (χ4n) is 2.61. The van der Waals surface area contributed by atoms with Gasteiger partial charge in [-0.05, 0) is 12.1 Å². The highest BCUT2D eigenvalue weighted by atomic mass is 32.1. The van der Waals surface area contributed by atoms with Crippen molar-refractivity contribution in [1.29, 1.82) is 0 Å². The lowest BCUT2D eigenvalue weighted by Crippen LogP contribution is -2.51. The smallest absolute Gasteiger partial charge is 0.273 e. The van der Waals surface area contributed by atoms with Gasteiger partial charge in [-0.2, -0.15) is 0 Å². The maximum Gasteiger partial charge on any atom is 0.273 e. The summed E-state index contributed by atoms with van der Waals surface area (Å²) < 4.78 is 10.8. The molecule has 1 saturated heterocycles. The normalized spacial score (nSPS) is 14.3. The van der Waals surface area contributed by atoms with Crippen molar-refractivity contribution in [2.24, 2.45) is 0 Å². The van der Waals surface area contributed by atoms with Crippen LogP contribution in [0, 0.1) is 0 Å². The molecule has 1 aliphatic rings. The minimum absolute atomic E-state index is 0.0552. The van der Waals surface area contributed by atoms with Gasteiger partial charge in [0.05, 0.1) is 12.6 Å². The number of rotatable bonds is 5. The number of benzene rings is 1. The van der Waals surface area contributed by atoms with E-state index in [-0.39, 0.29) is 18.4 Å². The van der Waals surface area contributed by atoms with E-state index in [9.17, 15) is 9.59 Å². The number of methoxy groups -OCH3 is 1. The summed E-state index contributed by atoms with van der Waals surface area (Å²) in [6.45, 7) is 1.92. The number of carbonyl (C=O) groups is 2. The van der Waals surface area contributed by atoms with E-state index in [2.05, 4.69) is 4.98 Å². The minimum Gasteiger partial charge on any atom is -0.493 e. The van der Waals surface area contributed by atoms with Crippen LogP contribution in [0.4, 0.5) is 0 Å². The number of piperazine rings is 1. The first-order valence-corrected chi connectivity index (χ1v) is 8.84. The lowest BCUT2D eigenvalue weighted by molar-refractivity contribution is -0.134. The van der Waals surface area contributed by atoms with Crippen molar-refractivity contribution >= 4 is 23.2 Å². The molecule has 7 nitrogen and oxygen atoms in total. The quantitative estimate of drug-likeness (QED) is 0.807. The number of amides is 2. The van der Waals surface area contributed by atoms with Crippen LogP contribution in [0.5, 0.6) is 11.5 Å². The molecule has 2 amide bonds. The molecule has 1 aromatic carbocycles. The van der Waals surface area contributed by atoms with Crippen LogP contribution in [-0.2, 0) is 4.79 Å². The topological polar surface area (TPSA) is 72.0 Å². The first-order chi connectivity index (χ1) is 12.2. The predicted octanol–water partition coefficient (Wildman–Crippen LogP) is 1.52. The van der Waals surface area contributed by atoms with Crippen molar-refractivity contribution in [3.63, 3.8) is 0 Å². The number of ether oxygens (including phenoxy) is 2. The van der Waals surface area contributed by atoms with Crippen molar-refractivity contribution in [1.82, 2.24) is 14.8 Å². The van der Waals surface area contributed by atoms with Crippen LogP contribution < -0.4 is 9.47 Å². The molecule has 1 aliphatic heterocycles. The Morgan fingerprint density at radius 3 is 2.44 bits per heavy atom. The Morgan fingerprint density at radius 1 is 1.12 bits per heavy atom. The molecule has 0 spiro atoms. The Labute approximate surface area is 149 Å². The Morgan fingerprint density at radius 2 is 1.80 bits per heavy atom. The van der Waals surface area contributed by atoms with Gasteiger partial charge in [0.25, 0.3) is 11.8 Å². The standard InChI is InChI=1S/C17H19N3O4S/c1-23-14-4-2-3-5-15(14)24-10-16(21)19-6-8-20(9-7-19)17(22)13-11-25-12-18-13/h2-5,11-12H,6-10H2,1H3. The van der Waals surface area contributed by atoms with E-state index in [1.807, 2.05) is 12.1 Å². The summed E-state index contributed by atoms with van der Waals surface area (Å²) in [7, 11) is 1.56. The molecule has 0 aliphatic carbocycles. The highest BCUT2D eigenvalue weighted by Crippen LogP contribution is 2.25. The minimum atomic E-state index is -0.105. The van der Waals surface area contributed by atoms with E-state index >= 15 is 0 Å². The zero-order valence-corrected chi connectivity index (χ0v) is 14.7. The van der Waals surface area contributed by atoms with E-state index in [1.165, 1.54) is 11.3 Å². The molecule has 0 N–H and O–H groups in total. The van der Waals surface area contributed by atoms with Crippen LogP contribution in [-0.4, -0.2) is 66.5 Å². The Balaban J connectivity index is 1.49. The molecule has 0 saturated carbocycles. The SMILES string of the molecule is COc1ccccc1OCC(=O)N1CCN(C(=O)c2cscn2)CC1. The molecular formula is C17H19N3O4S. The Kier molecular flexibility index (Phi) is 5.49. The number of thiazole rings is 1. The van der Waals surface area contributed by atoms with E-state index in [4.69, 9.17) is 9.47 Å². The largest absolute Gasteiger partial charge is 0.493 e. The van der Waals surface area contributed by atoms with Gasteiger partial charge in [-0.3, -0.25) is 9.59 Å². The summed E-state index contributed by atoms with van der Waals surface area (Å²) in [6.07, 6.45) is 0. The van der Waals surface area contributed by atoms with Crippen molar-refractivity contribution < 1.29 is 19.1 Å². The average Bonchev–Trinajstić information content (AvgIpc) is 3.20. The Hall–Kier alpha value is -2.61. The number of nitrogens with zero attached hydrogens (tertiary/aromatic N) is 3. The monoisotopic (exact) mass is 361 g/mol. The van der Waals surface area contributed by atoms with Gasteiger partial charge in [0, 0.05) is 31.6 Å². The molecule has 2 aromatic rings. The van der Waals surface area contributed by atoms with Gasteiger partial charge in [-0.15, -0.1) is 11.3 Å². The number of hydrogen-bond acceptors (Lipinski definition) is 6. The first kappa shape index (κ1) is 17.2. The molecule has 0 bridgehead atoms. The molecule has 0 radical (unpaired) electrons. The number of hydrogen-bond donors (Lipinski definition) is 0. The van der Waals surface area contributed by atoms with Gasteiger partial charge in [0.15, 0.2) is 18.1 Å². The van der Waals surface area contributed by atoms with Crippen LogP contribution in [0.25, 0.3) is 0 Å². The molecule has 0 atom stereocenters. The second-order valence-electron chi connectivity index (χ2n) is 5.49. The van der Waals surface area contributed by atoms with Gasteiger partial charge in [0.2, 0.25) is 0 Å². The molecule has 3 rings (SSSR count). The van der Waals surface area contributed by atoms with E-state index in [1.54, 1.807) is 39.9 Å². The summed E-state index contributed by atoms with van der Waals surface area (Å²) in [6, 6.07) is 7.20. The van der Waals surface area contributed by atoms with Crippen molar-refractivity contribution in [3.8, 4) is 11.5 Å². The average molecular weight is 361 g/mol. The van der Waals surface area contributed by atoms with Crippen molar-refractivity contribution in [2.75, 3.05) is 39.9 Å². The molecule has 0 unspecified atom stereocenters. The van der Waals surface area contributed by atoms with Gasteiger partial charge in [-0.1, -0.05) is 12.1 Å². The third-order valence-electron chi connectivity index (χ3n) is 3.99. The molecule has 2 heterocycles. The molecule has 1 aromatic heterocycles. The molecule has 132 valence electrons. The van der Waals surface area contributed by atoms with Gasteiger partial charge in [-0.25, -0.2) is 4.98 Å². The van der Waals surface area contributed by atoms with Crippen LogP contribution >= 0.6 is 11.3 Å². The summed E-state index contributed by atoms with van der Waals surface area (Å²) in [5.41, 5.74) is 2.10. The maximum atomic E-state index is 12.3. The molecular weight excluding hydrogens is 342 g/mol. The zero-order valence-electron chi connectivity index (χ0n) is 13.9. The van der Waals surface area contributed by atoms with Gasteiger partial charge in [0.1, 0.15) is 5.69 Å². The summed E-state index contributed by atoms with van der Waals surface area (Å²) in [5.74, 6) is 0.940. The van der Waals surface area contributed by atoms with Crippen molar-refractivity contribution in [3.05, 3.63) is 40.8 Å². The van der Waals surface area contributed by atoms with E-state index < -0.39 is 0 Å². The van der Waals surface area contributed by atoms with Crippen LogP contribution in [0.15, 0.2) is 35.2 Å². The molecule has 8 heteroatoms. The highest BCUT2D eigenvalue weighted by Gasteiger charge is 2.25. The van der Waals surface area contributed by atoms with Gasteiger partial charge >= 0.3 is 0 Å². The Bertz CT molecular complexity index is 727. The van der Waals surface area contributed by atoms with E-state index in [0.29, 0.717) is 43.4 Å². The lowest BCUT2D eigenvalue weighted by atomic mass is 10.3. The lowest BCUT2D eigenvalue weighted by Gasteiger charge is -2.34. The number of aromatic nitrogens is 1. The third-order valence-corrected chi connectivity index (χ3v) is 4.58. The maximum absolute atomic E-state index is 12.3. The number of para-hydroxylation sites is 2. The van der Waals surface area contributed by atoms with Crippen LogP contribution in [0.3, 0.4) is 0 Å². The fraction of sp³-hybridized carbons (Fsp3) is 0.353. The number of carbonyl (C=O) groups excluding carboxylic acids is 2. The second-order valence-corrected chi connectivity index (χ2v) is 6.20. The first-order valence-electron chi connectivity index (χ1n) is 7.90. The summed E-state index contributed by atoms with van der Waals surface area (Å²) in [4.78, 5) is 32.0. The second kappa shape index (κ2) is 7.98. The zero-order chi connectivity index (χ0) is 17.6. The van der Waals surface area contributed by atoms with Gasteiger partial charge < -0.3 is 19.3 Å². The fourth-order valence-corrected chi connectivity index (χ4v) is 3.13. The van der Waals surface area contributed by atoms with Crippen LogP contribution in [0.1, 0.15) is 10.5 Å².